The van der Waals surface area contributed by atoms with Crippen molar-refractivity contribution in [3.05, 3.63) is 70.6 Å². The van der Waals surface area contributed by atoms with E-state index in [-0.39, 0.29) is 25.0 Å². The lowest BCUT2D eigenvalue weighted by molar-refractivity contribution is -0.201. The van der Waals surface area contributed by atoms with E-state index in [0.29, 0.717) is 31.7 Å². The molecule has 3 N–H and O–H groups in total. The van der Waals surface area contributed by atoms with Crippen LogP contribution in [0.15, 0.2) is 54.6 Å². The van der Waals surface area contributed by atoms with Crippen molar-refractivity contribution in [2.45, 2.75) is 12.0 Å². The Morgan fingerprint density at radius 3 is 2.27 bits per heavy atom. The van der Waals surface area contributed by atoms with Crippen LogP contribution in [0.5, 0.6) is 0 Å². The Kier molecular flexibility index (Phi) is 5.52. The van der Waals surface area contributed by atoms with Gasteiger partial charge in [0.05, 0.1) is 13.2 Å². The van der Waals surface area contributed by atoms with E-state index in [9.17, 15) is 14.7 Å². The molecule has 0 atom stereocenters. The lowest BCUT2D eigenvalue weighted by atomic mass is 10.00. The van der Waals surface area contributed by atoms with Gasteiger partial charge in [-0.1, -0.05) is 42.5 Å². The number of aliphatic hydroxyl groups is 1. The molecule has 2 aromatic carbocycles. The molecule has 2 amide bonds. The van der Waals surface area contributed by atoms with Crippen molar-refractivity contribution in [1.82, 2.24) is 9.80 Å². The third kappa shape index (κ3) is 4.05. The van der Waals surface area contributed by atoms with Crippen LogP contribution in [0.4, 0.5) is 0 Å². The maximum atomic E-state index is 13.0. The molecule has 0 bridgehead atoms. The van der Waals surface area contributed by atoms with Crippen LogP contribution in [0.2, 0.25) is 0 Å². The van der Waals surface area contributed by atoms with Crippen molar-refractivity contribution in [3.63, 3.8) is 0 Å². The third-order valence-electron chi connectivity index (χ3n) is 6.55. The summed E-state index contributed by atoms with van der Waals surface area (Å²) in [6.07, 6.45) is 6.89. The van der Waals surface area contributed by atoms with E-state index in [1.807, 2.05) is 30.3 Å². The molecule has 2 aliphatic heterocycles. The molecule has 0 spiro atoms. The number of amides is 2. The molecule has 0 saturated carbocycles. The molecule has 3 aliphatic rings. The fraction of sp³-hybridized carbons (Fsp3) is 0.308. The van der Waals surface area contributed by atoms with Gasteiger partial charge in [0.2, 0.25) is 0 Å². The van der Waals surface area contributed by atoms with Gasteiger partial charge >= 0.3 is 0 Å². The molecule has 0 unspecified atom stereocenters. The summed E-state index contributed by atoms with van der Waals surface area (Å²) in [4.78, 5) is 28.8. The van der Waals surface area contributed by atoms with Gasteiger partial charge in [0.15, 0.2) is 5.60 Å². The number of fused-ring (bicyclic) bond motifs is 1. The van der Waals surface area contributed by atoms with Gasteiger partial charge in [-0.3, -0.25) is 9.59 Å². The Hall–Kier alpha value is -3.42. The number of hydrogen-bond donors (Lipinski definition) is 2. The highest BCUT2D eigenvalue weighted by Gasteiger charge is 2.46. The van der Waals surface area contributed by atoms with Gasteiger partial charge in [-0.15, -0.1) is 0 Å². The molecule has 0 radical (unpaired) electrons. The van der Waals surface area contributed by atoms with Gasteiger partial charge < -0.3 is 25.4 Å². The highest BCUT2D eigenvalue weighted by molar-refractivity contribution is 5.95. The number of nitrogens with zero attached hydrogens (tertiary/aromatic N) is 2. The monoisotopic (exact) mass is 445 g/mol. The predicted molar refractivity (Wildman–Crippen MR) is 125 cm³/mol. The number of piperazine rings is 1. The van der Waals surface area contributed by atoms with Gasteiger partial charge in [-0.05, 0) is 34.5 Å². The first-order chi connectivity index (χ1) is 15.9. The molecule has 0 aromatic heterocycles. The van der Waals surface area contributed by atoms with E-state index in [1.165, 1.54) is 0 Å². The molecule has 7 heteroatoms. The maximum absolute atomic E-state index is 13.0. The SMILES string of the molecule is NC1=c2ccc(-c3ccc(C(=O)N4CCN(C(=O)C5(O)COC5)CC4)cc3)cc2=CC=CC1. The molecule has 2 heterocycles. The van der Waals surface area contributed by atoms with Crippen LogP contribution in [-0.4, -0.2) is 71.7 Å². The second-order valence-corrected chi connectivity index (χ2v) is 8.81. The highest BCUT2D eigenvalue weighted by atomic mass is 16.5. The van der Waals surface area contributed by atoms with Gasteiger partial charge in [0.25, 0.3) is 11.8 Å². The van der Waals surface area contributed by atoms with Crippen LogP contribution in [0, 0.1) is 0 Å². The number of ether oxygens (including phenoxy) is 1. The van der Waals surface area contributed by atoms with E-state index in [1.54, 1.807) is 9.80 Å². The van der Waals surface area contributed by atoms with Crippen LogP contribution in [0.1, 0.15) is 16.8 Å². The van der Waals surface area contributed by atoms with Crippen molar-refractivity contribution in [1.29, 1.82) is 0 Å². The summed E-state index contributed by atoms with van der Waals surface area (Å²) in [6.45, 7) is 1.78. The minimum absolute atomic E-state index is 0.0436. The number of allylic oxidation sites excluding steroid dienone is 1. The normalized spacial score (nSPS) is 19.2. The van der Waals surface area contributed by atoms with Crippen molar-refractivity contribution >= 4 is 23.6 Å². The first kappa shape index (κ1) is 21.4. The first-order valence-electron chi connectivity index (χ1n) is 11.2. The summed E-state index contributed by atoms with van der Waals surface area (Å²) in [6, 6.07) is 13.8. The second-order valence-electron chi connectivity index (χ2n) is 8.81. The Morgan fingerprint density at radius 2 is 1.61 bits per heavy atom. The topological polar surface area (TPSA) is 96.1 Å². The van der Waals surface area contributed by atoms with Crippen LogP contribution in [-0.2, 0) is 9.53 Å². The van der Waals surface area contributed by atoms with E-state index in [0.717, 1.165) is 33.7 Å². The Morgan fingerprint density at radius 1 is 0.939 bits per heavy atom. The summed E-state index contributed by atoms with van der Waals surface area (Å²) in [5.41, 5.74) is 8.36. The van der Waals surface area contributed by atoms with E-state index in [4.69, 9.17) is 10.5 Å². The second kappa shape index (κ2) is 8.50. The summed E-state index contributed by atoms with van der Waals surface area (Å²) in [5, 5.41) is 12.3. The highest BCUT2D eigenvalue weighted by Crippen LogP contribution is 2.22. The Balaban J connectivity index is 1.27. The summed E-state index contributed by atoms with van der Waals surface area (Å²) >= 11 is 0. The molecule has 2 fully saturated rings. The van der Waals surface area contributed by atoms with Gasteiger partial charge in [0.1, 0.15) is 0 Å². The minimum atomic E-state index is -1.39. The van der Waals surface area contributed by atoms with Crippen LogP contribution in [0.25, 0.3) is 22.9 Å². The zero-order valence-corrected chi connectivity index (χ0v) is 18.4. The number of hydrogen-bond acceptors (Lipinski definition) is 5. The number of nitrogens with two attached hydrogens (primary N) is 1. The van der Waals surface area contributed by atoms with Crippen LogP contribution >= 0.6 is 0 Å². The van der Waals surface area contributed by atoms with Gasteiger partial charge in [-0.2, -0.15) is 0 Å². The molecule has 33 heavy (non-hydrogen) atoms. The average molecular weight is 446 g/mol. The van der Waals surface area contributed by atoms with Crippen LogP contribution in [0.3, 0.4) is 0 Å². The molecular formula is C26H27N3O4. The predicted octanol–water partition coefficient (Wildman–Crippen LogP) is 0.207. The quantitative estimate of drug-likeness (QED) is 0.704. The molecular weight excluding hydrogens is 418 g/mol. The van der Waals surface area contributed by atoms with Crippen molar-refractivity contribution < 1.29 is 19.4 Å². The molecule has 170 valence electrons. The summed E-state index contributed by atoms with van der Waals surface area (Å²) in [5.74, 6) is -0.361. The molecule has 2 saturated heterocycles. The molecule has 7 nitrogen and oxygen atoms in total. The van der Waals surface area contributed by atoms with Gasteiger partial charge in [0, 0.05) is 49.1 Å². The average Bonchev–Trinajstić information content (AvgIpc) is 3.02. The molecule has 1 aliphatic carbocycles. The zero-order chi connectivity index (χ0) is 23.0. The largest absolute Gasteiger partial charge is 0.401 e. The lowest BCUT2D eigenvalue weighted by Crippen LogP contribution is -2.64. The van der Waals surface area contributed by atoms with Crippen molar-refractivity contribution in [2.75, 3.05) is 39.4 Å². The smallest absolute Gasteiger partial charge is 0.259 e. The van der Waals surface area contributed by atoms with E-state index < -0.39 is 5.60 Å². The number of carbonyl (C=O) groups excluding carboxylic acids is 2. The standard InChI is InChI=1S/C26H27N3O4/c27-23-4-2-1-3-21-15-20(9-10-22(21)23)18-5-7-19(8-6-18)24(30)28-11-13-29(14-12-28)25(31)26(32)16-33-17-26/h1-3,5-10,15,32H,4,11-14,16-17,27H2. The third-order valence-corrected chi connectivity index (χ3v) is 6.55. The number of rotatable bonds is 3. The fourth-order valence-corrected chi connectivity index (χ4v) is 4.46. The fourth-order valence-electron chi connectivity index (χ4n) is 4.46. The zero-order valence-electron chi connectivity index (χ0n) is 18.4. The Bertz CT molecular complexity index is 1240. The van der Waals surface area contributed by atoms with Crippen molar-refractivity contribution in [3.8, 4) is 11.1 Å². The lowest BCUT2D eigenvalue weighted by Gasteiger charge is -2.42. The number of carbonyl (C=O) groups is 2. The molecule has 2 aromatic rings. The first-order valence-corrected chi connectivity index (χ1v) is 11.2. The number of benzene rings is 2. The van der Waals surface area contributed by atoms with E-state index in [2.05, 4.69) is 30.4 Å². The van der Waals surface area contributed by atoms with Gasteiger partial charge in [-0.25, -0.2) is 0 Å². The molecule has 5 rings (SSSR count). The minimum Gasteiger partial charge on any atom is -0.401 e. The summed E-state index contributed by atoms with van der Waals surface area (Å²) in [7, 11) is 0. The van der Waals surface area contributed by atoms with Crippen LogP contribution < -0.4 is 16.2 Å². The Labute approximate surface area is 192 Å². The van der Waals surface area contributed by atoms with E-state index >= 15 is 0 Å². The summed E-state index contributed by atoms with van der Waals surface area (Å²) < 4.78 is 4.97. The maximum Gasteiger partial charge on any atom is 0.259 e. The van der Waals surface area contributed by atoms with Crippen molar-refractivity contribution in [2.24, 2.45) is 5.73 Å².